The number of fused-ring (bicyclic) bond motifs is 2. The molecule has 0 bridgehead atoms. The molecule has 0 radical (unpaired) electrons. The van der Waals surface area contributed by atoms with Gasteiger partial charge in [-0.2, -0.15) is 0 Å². The van der Waals surface area contributed by atoms with Crippen LogP contribution in [0.5, 0.6) is 5.75 Å². The molecule has 2 aliphatic heterocycles. The zero-order chi connectivity index (χ0) is 23.2. The molecule has 2 atom stereocenters. The molecule has 8 heteroatoms. The van der Waals surface area contributed by atoms with Crippen molar-refractivity contribution in [1.29, 1.82) is 0 Å². The second kappa shape index (κ2) is 7.96. The van der Waals surface area contributed by atoms with Crippen molar-refractivity contribution in [2.24, 2.45) is 0 Å². The quantitative estimate of drug-likeness (QED) is 0.578. The van der Waals surface area contributed by atoms with Gasteiger partial charge in [0.2, 0.25) is 5.91 Å². The molecule has 4 rings (SSSR count). The Hall–Kier alpha value is -3.94. The van der Waals surface area contributed by atoms with Crippen molar-refractivity contribution in [2.75, 3.05) is 16.8 Å². The summed E-state index contributed by atoms with van der Waals surface area (Å²) in [5, 5.41) is 2.73. The van der Waals surface area contributed by atoms with Crippen molar-refractivity contribution in [3.05, 3.63) is 65.7 Å². The Bertz CT molecular complexity index is 1140. The van der Waals surface area contributed by atoms with Crippen LogP contribution in [0, 0.1) is 0 Å². The molecule has 2 aromatic rings. The molecule has 2 aromatic carbocycles. The number of amides is 4. The summed E-state index contributed by atoms with van der Waals surface area (Å²) in [5.74, 6) is -1.23. The molecule has 2 unspecified atom stereocenters. The number of rotatable bonds is 5. The number of carbonyl (C=O) groups is 4. The zero-order valence-corrected chi connectivity index (χ0v) is 18.0. The smallest absolute Gasteiger partial charge is 0.268 e. The Balaban J connectivity index is 1.54. The number of nitrogens with zero attached hydrogens (tertiary/aromatic N) is 2. The van der Waals surface area contributed by atoms with E-state index >= 15 is 0 Å². The summed E-state index contributed by atoms with van der Waals surface area (Å²) < 4.78 is 5.72. The monoisotopic (exact) mass is 433 g/mol. The Morgan fingerprint density at radius 2 is 1.75 bits per heavy atom. The van der Waals surface area contributed by atoms with Crippen LogP contribution in [0.2, 0.25) is 0 Å². The summed E-state index contributed by atoms with van der Waals surface area (Å²) in [6.45, 7) is 9.23. The van der Waals surface area contributed by atoms with Crippen LogP contribution in [0.1, 0.15) is 41.5 Å². The summed E-state index contributed by atoms with van der Waals surface area (Å²) in [6, 6.07) is 10.4. The van der Waals surface area contributed by atoms with Gasteiger partial charge in [-0.15, -0.1) is 0 Å². The third-order valence-electron chi connectivity index (χ3n) is 5.46. The molecule has 0 spiro atoms. The Morgan fingerprint density at radius 1 is 1.12 bits per heavy atom. The van der Waals surface area contributed by atoms with E-state index in [2.05, 4.69) is 11.9 Å². The van der Waals surface area contributed by atoms with E-state index < -0.39 is 29.9 Å². The fourth-order valence-electron chi connectivity index (χ4n) is 3.84. The number of nitrogens with one attached hydrogen (secondary N) is 1. The van der Waals surface area contributed by atoms with Crippen LogP contribution in [0.4, 0.5) is 11.4 Å². The number of hydrogen-bond donors (Lipinski definition) is 1. The molecule has 0 aliphatic carbocycles. The van der Waals surface area contributed by atoms with E-state index in [1.54, 1.807) is 54.3 Å². The van der Waals surface area contributed by atoms with Crippen LogP contribution >= 0.6 is 0 Å². The van der Waals surface area contributed by atoms with E-state index in [0.29, 0.717) is 23.7 Å². The molecule has 0 aromatic heterocycles. The second-order valence-corrected chi connectivity index (χ2v) is 8.02. The van der Waals surface area contributed by atoms with Gasteiger partial charge in [0.05, 0.1) is 16.8 Å². The number of hydrogen-bond acceptors (Lipinski definition) is 5. The van der Waals surface area contributed by atoms with E-state index in [-0.39, 0.29) is 17.0 Å². The van der Waals surface area contributed by atoms with Gasteiger partial charge in [-0.05, 0) is 45.0 Å². The van der Waals surface area contributed by atoms with Crippen LogP contribution in [0.15, 0.2) is 54.6 Å². The van der Waals surface area contributed by atoms with Gasteiger partial charge in [0.15, 0.2) is 6.10 Å². The van der Waals surface area contributed by atoms with Crippen LogP contribution in [0.25, 0.3) is 0 Å². The number of carbonyl (C=O) groups excluding carboxylic acids is 4. The number of anilines is 2. The van der Waals surface area contributed by atoms with Gasteiger partial charge in [-0.3, -0.25) is 24.1 Å². The summed E-state index contributed by atoms with van der Waals surface area (Å²) >= 11 is 0. The lowest BCUT2D eigenvalue weighted by Gasteiger charge is -2.33. The highest BCUT2D eigenvalue weighted by Gasteiger charge is 2.40. The maximum Gasteiger partial charge on any atom is 0.268 e. The lowest BCUT2D eigenvalue weighted by atomic mass is 10.1. The molecule has 0 fully saturated rings. The molecular weight excluding hydrogens is 410 g/mol. The Kier molecular flexibility index (Phi) is 5.30. The fourth-order valence-corrected chi connectivity index (χ4v) is 3.84. The van der Waals surface area contributed by atoms with Crippen molar-refractivity contribution in [1.82, 2.24) is 4.90 Å². The topological polar surface area (TPSA) is 96.0 Å². The standard InChI is InChI=1S/C24H23N3O5/c1-13(2)12-26-19-10-9-16(11-20(19)32-15(4)22(26)29)25-21(28)14(3)27-23(30)17-7-5-6-8-18(17)24(27)31/h5-11,14-15H,1,12H2,2-4H3,(H,25,28). The molecule has 4 amide bonds. The predicted molar refractivity (Wildman–Crippen MR) is 119 cm³/mol. The van der Waals surface area contributed by atoms with E-state index in [4.69, 9.17) is 4.74 Å². The first-order chi connectivity index (χ1) is 15.2. The first kappa shape index (κ1) is 21.3. The van der Waals surface area contributed by atoms with E-state index in [0.717, 1.165) is 10.5 Å². The minimum absolute atomic E-state index is 0.170. The lowest BCUT2D eigenvalue weighted by molar-refractivity contribution is -0.125. The van der Waals surface area contributed by atoms with Crippen LogP contribution < -0.4 is 15.0 Å². The molecule has 164 valence electrons. The predicted octanol–water partition coefficient (Wildman–Crippen LogP) is 3.00. The van der Waals surface area contributed by atoms with Gasteiger partial charge in [-0.1, -0.05) is 24.3 Å². The highest BCUT2D eigenvalue weighted by molar-refractivity contribution is 6.23. The fraction of sp³-hybridized carbons (Fsp3) is 0.250. The minimum Gasteiger partial charge on any atom is -0.479 e. The summed E-state index contributed by atoms with van der Waals surface area (Å²) in [5.41, 5.74) is 2.41. The van der Waals surface area contributed by atoms with Gasteiger partial charge in [-0.25, -0.2) is 0 Å². The third-order valence-corrected chi connectivity index (χ3v) is 5.46. The molecule has 1 N–H and O–H groups in total. The zero-order valence-electron chi connectivity index (χ0n) is 18.0. The average molecular weight is 433 g/mol. The van der Waals surface area contributed by atoms with E-state index in [1.807, 2.05) is 6.92 Å². The molecule has 32 heavy (non-hydrogen) atoms. The molecular formula is C24H23N3O5. The lowest BCUT2D eigenvalue weighted by Crippen LogP contribution is -2.45. The van der Waals surface area contributed by atoms with E-state index in [9.17, 15) is 19.2 Å². The Morgan fingerprint density at radius 3 is 2.34 bits per heavy atom. The van der Waals surface area contributed by atoms with Crippen LogP contribution in [-0.4, -0.2) is 47.2 Å². The van der Waals surface area contributed by atoms with Crippen molar-refractivity contribution in [3.8, 4) is 5.75 Å². The minimum atomic E-state index is -1.01. The molecule has 0 saturated carbocycles. The van der Waals surface area contributed by atoms with Crippen molar-refractivity contribution < 1.29 is 23.9 Å². The average Bonchev–Trinajstić information content (AvgIpc) is 3.01. The first-order valence-electron chi connectivity index (χ1n) is 10.2. The van der Waals surface area contributed by atoms with Gasteiger partial charge >= 0.3 is 0 Å². The first-order valence-corrected chi connectivity index (χ1v) is 10.2. The second-order valence-electron chi connectivity index (χ2n) is 8.02. The van der Waals surface area contributed by atoms with Crippen molar-refractivity contribution >= 4 is 35.0 Å². The van der Waals surface area contributed by atoms with Gasteiger partial charge in [0.25, 0.3) is 17.7 Å². The normalized spacial score (nSPS) is 18.1. The van der Waals surface area contributed by atoms with Crippen molar-refractivity contribution in [3.63, 3.8) is 0 Å². The third kappa shape index (κ3) is 3.53. The van der Waals surface area contributed by atoms with Gasteiger partial charge in [0.1, 0.15) is 11.8 Å². The highest BCUT2D eigenvalue weighted by Crippen LogP contribution is 2.37. The molecule has 2 aliphatic rings. The molecule has 2 heterocycles. The van der Waals surface area contributed by atoms with Gasteiger partial charge in [0, 0.05) is 18.3 Å². The SMILES string of the molecule is C=C(C)CN1C(=O)C(C)Oc2cc(NC(=O)C(C)N3C(=O)c4ccccc4C3=O)ccc21. The Labute approximate surface area is 185 Å². The van der Waals surface area contributed by atoms with Crippen LogP contribution in [0.3, 0.4) is 0 Å². The van der Waals surface area contributed by atoms with Crippen LogP contribution in [-0.2, 0) is 9.59 Å². The van der Waals surface area contributed by atoms with Gasteiger partial charge < -0.3 is 15.0 Å². The number of ether oxygens (including phenoxy) is 1. The largest absolute Gasteiger partial charge is 0.479 e. The number of imide groups is 1. The molecule has 0 saturated heterocycles. The van der Waals surface area contributed by atoms with Crippen molar-refractivity contribution in [2.45, 2.75) is 32.9 Å². The maximum atomic E-state index is 12.9. The highest BCUT2D eigenvalue weighted by atomic mass is 16.5. The summed E-state index contributed by atoms with van der Waals surface area (Å²) in [7, 11) is 0. The summed E-state index contributed by atoms with van der Waals surface area (Å²) in [4.78, 5) is 53.2. The van der Waals surface area contributed by atoms with E-state index in [1.165, 1.54) is 6.92 Å². The molecule has 8 nitrogen and oxygen atoms in total. The summed E-state index contributed by atoms with van der Waals surface area (Å²) in [6.07, 6.45) is -0.676. The number of benzene rings is 2. The maximum absolute atomic E-state index is 12.9.